The van der Waals surface area contributed by atoms with Crippen LogP contribution in [0.25, 0.3) is 0 Å². The molecule has 0 aromatic carbocycles. The Morgan fingerprint density at radius 1 is 1.29 bits per heavy atom. The molecule has 1 saturated carbocycles. The Hall–Kier alpha value is -1.06. The quantitative estimate of drug-likeness (QED) is 0.667. The van der Waals surface area contributed by atoms with Crippen LogP contribution in [0.3, 0.4) is 0 Å². The molecular formula is C10H17N2O2. The van der Waals surface area contributed by atoms with Crippen LogP contribution in [0, 0.1) is 0 Å². The molecule has 1 aliphatic rings. The van der Waals surface area contributed by atoms with E-state index in [-0.39, 0.29) is 5.91 Å². The monoisotopic (exact) mass is 197 g/mol. The van der Waals surface area contributed by atoms with Gasteiger partial charge in [-0.25, -0.2) is 0 Å². The van der Waals surface area contributed by atoms with Gasteiger partial charge in [0.2, 0.25) is 5.91 Å². The summed E-state index contributed by atoms with van der Waals surface area (Å²) in [5.41, 5.74) is -0.677. The van der Waals surface area contributed by atoms with E-state index in [1.165, 1.54) is 4.90 Å². The molecule has 79 valence electrons. The van der Waals surface area contributed by atoms with Crippen molar-refractivity contribution in [2.75, 3.05) is 14.1 Å². The Balaban J connectivity index is 2.78. The lowest BCUT2D eigenvalue weighted by Crippen LogP contribution is -2.57. The summed E-state index contributed by atoms with van der Waals surface area (Å²) in [5, 5.41) is 2.58. The van der Waals surface area contributed by atoms with Crippen LogP contribution in [0.2, 0.25) is 0 Å². The SMILES string of the molecule is CN(C)C(=O)C1(N[C]=O)CCCCC1. The van der Waals surface area contributed by atoms with Gasteiger partial charge in [0.05, 0.1) is 0 Å². The summed E-state index contributed by atoms with van der Waals surface area (Å²) in [7, 11) is 3.43. The first-order chi connectivity index (χ1) is 6.62. The van der Waals surface area contributed by atoms with Crippen molar-refractivity contribution in [2.24, 2.45) is 0 Å². The second-order valence-corrected chi connectivity index (χ2v) is 4.07. The molecule has 1 radical (unpaired) electrons. The van der Waals surface area contributed by atoms with E-state index in [4.69, 9.17) is 0 Å². The maximum absolute atomic E-state index is 11.9. The predicted molar refractivity (Wildman–Crippen MR) is 53.3 cm³/mol. The Labute approximate surface area is 84.7 Å². The van der Waals surface area contributed by atoms with E-state index >= 15 is 0 Å². The molecule has 0 heterocycles. The molecule has 0 atom stereocenters. The van der Waals surface area contributed by atoms with Crippen LogP contribution in [-0.4, -0.2) is 36.9 Å². The van der Waals surface area contributed by atoms with Crippen LogP contribution < -0.4 is 5.32 Å². The Bertz CT molecular complexity index is 220. The lowest BCUT2D eigenvalue weighted by atomic mass is 9.81. The highest BCUT2D eigenvalue weighted by Gasteiger charge is 2.40. The number of hydrogen-bond donors (Lipinski definition) is 1. The van der Waals surface area contributed by atoms with Crippen molar-refractivity contribution >= 4 is 12.3 Å². The smallest absolute Gasteiger partial charge is 0.310 e. The Morgan fingerprint density at radius 3 is 2.29 bits per heavy atom. The highest BCUT2D eigenvalue weighted by atomic mass is 16.2. The van der Waals surface area contributed by atoms with Crippen molar-refractivity contribution in [3.8, 4) is 0 Å². The predicted octanol–water partition coefficient (Wildman–Crippen LogP) is 0.434. The molecule has 4 heteroatoms. The first kappa shape index (κ1) is 11.0. The fraction of sp³-hybridized carbons (Fsp3) is 0.800. The van der Waals surface area contributed by atoms with Crippen molar-refractivity contribution in [2.45, 2.75) is 37.6 Å². The maximum atomic E-state index is 11.9. The number of nitrogens with zero attached hydrogens (tertiary/aromatic N) is 1. The van der Waals surface area contributed by atoms with Crippen molar-refractivity contribution in [1.29, 1.82) is 0 Å². The zero-order chi connectivity index (χ0) is 10.6. The topological polar surface area (TPSA) is 49.4 Å². The molecule has 4 nitrogen and oxygen atoms in total. The molecule has 1 aliphatic carbocycles. The van der Waals surface area contributed by atoms with Crippen LogP contribution in [0.15, 0.2) is 0 Å². The molecule has 0 spiro atoms. The minimum Gasteiger partial charge on any atom is -0.347 e. The molecule has 2 amide bonds. The standard InChI is InChI=1S/C10H17N2O2/c1-12(2)9(14)10(11-8-13)6-4-3-5-7-10/h3-7H2,1-2H3,(H,11,13). The number of hydrogen-bond acceptors (Lipinski definition) is 2. The normalized spacial score (nSPS) is 19.9. The van der Waals surface area contributed by atoms with Gasteiger partial charge in [0.25, 0.3) is 0 Å². The van der Waals surface area contributed by atoms with Crippen LogP contribution in [-0.2, 0) is 9.59 Å². The average Bonchev–Trinajstić information content (AvgIpc) is 2.18. The maximum Gasteiger partial charge on any atom is 0.310 e. The average molecular weight is 197 g/mol. The molecule has 0 unspecified atom stereocenters. The fourth-order valence-electron chi connectivity index (χ4n) is 2.07. The van der Waals surface area contributed by atoms with Gasteiger partial charge in [-0.2, -0.15) is 0 Å². The van der Waals surface area contributed by atoms with Gasteiger partial charge in [-0.3, -0.25) is 9.59 Å². The largest absolute Gasteiger partial charge is 0.347 e. The second-order valence-electron chi connectivity index (χ2n) is 4.07. The number of carbonyl (C=O) groups excluding carboxylic acids is 2. The second kappa shape index (κ2) is 4.44. The first-order valence-corrected chi connectivity index (χ1v) is 4.98. The van der Waals surface area contributed by atoms with Gasteiger partial charge >= 0.3 is 6.41 Å². The summed E-state index contributed by atoms with van der Waals surface area (Å²) in [4.78, 5) is 23.8. The number of nitrogens with one attached hydrogen (secondary N) is 1. The van der Waals surface area contributed by atoms with Crippen molar-refractivity contribution < 1.29 is 9.59 Å². The van der Waals surface area contributed by atoms with Crippen LogP contribution in [0.5, 0.6) is 0 Å². The van der Waals surface area contributed by atoms with E-state index in [2.05, 4.69) is 5.32 Å². The third kappa shape index (κ3) is 2.05. The Morgan fingerprint density at radius 2 is 1.86 bits per heavy atom. The van der Waals surface area contributed by atoms with E-state index in [0.717, 1.165) is 32.1 Å². The number of carbonyl (C=O) groups is 1. The highest BCUT2D eigenvalue weighted by molar-refractivity contribution is 5.88. The van der Waals surface area contributed by atoms with Crippen molar-refractivity contribution in [3.05, 3.63) is 0 Å². The van der Waals surface area contributed by atoms with E-state index in [9.17, 15) is 9.59 Å². The fourth-order valence-corrected chi connectivity index (χ4v) is 2.07. The van der Waals surface area contributed by atoms with Crippen molar-refractivity contribution in [3.63, 3.8) is 0 Å². The third-order valence-electron chi connectivity index (χ3n) is 2.81. The molecule has 14 heavy (non-hydrogen) atoms. The van der Waals surface area contributed by atoms with Crippen LogP contribution in [0.1, 0.15) is 32.1 Å². The molecule has 0 aromatic rings. The van der Waals surface area contributed by atoms with E-state index < -0.39 is 5.54 Å². The van der Waals surface area contributed by atoms with E-state index in [0.29, 0.717) is 0 Å². The summed E-state index contributed by atoms with van der Waals surface area (Å²) in [6, 6.07) is 0. The number of amides is 2. The summed E-state index contributed by atoms with van der Waals surface area (Å²) < 4.78 is 0. The van der Waals surface area contributed by atoms with Crippen LogP contribution >= 0.6 is 0 Å². The summed E-state index contributed by atoms with van der Waals surface area (Å²) in [5.74, 6) is -0.0134. The van der Waals surface area contributed by atoms with Gasteiger partial charge in [0, 0.05) is 14.1 Å². The van der Waals surface area contributed by atoms with Gasteiger partial charge < -0.3 is 10.2 Å². The zero-order valence-electron chi connectivity index (χ0n) is 8.80. The molecule has 0 aromatic heterocycles. The molecular weight excluding hydrogens is 180 g/mol. The minimum absolute atomic E-state index is 0.0134. The lowest BCUT2D eigenvalue weighted by molar-refractivity contribution is -0.136. The minimum atomic E-state index is -0.677. The van der Waals surface area contributed by atoms with Crippen molar-refractivity contribution in [1.82, 2.24) is 10.2 Å². The molecule has 1 rings (SSSR count). The lowest BCUT2D eigenvalue weighted by Gasteiger charge is -2.36. The number of likely N-dealkylation sites (N-methyl/N-ethyl adjacent to an activating group) is 1. The van der Waals surface area contributed by atoms with Crippen LogP contribution in [0.4, 0.5) is 0 Å². The van der Waals surface area contributed by atoms with Gasteiger partial charge in [-0.05, 0) is 12.8 Å². The summed E-state index contributed by atoms with van der Waals surface area (Å²) >= 11 is 0. The Kier molecular flexibility index (Phi) is 3.49. The van der Waals surface area contributed by atoms with Gasteiger partial charge in [-0.15, -0.1) is 0 Å². The first-order valence-electron chi connectivity index (χ1n) is 4.98. The van der Waals surface area contributed by atoms with Gasteiger partial charge in [0.15, 0.2) is 0 Å². The molecule has 0 bridgehead atoms. The highest BCUT2D eigenvalue weighted by Crippen LogP contribution is 2.29. The van der Waals surface area contributed by atoms with E-state index in [1.54, 1.807) is 20.5 Å². The summed E-state index contributed by atoms with van der Waals surface area (Å²) in [6.45, 7) is 0. The third-order valence-corrected chi connectivity index (χ3v) is 2.81. The van der Waals surface area contributed by atoms with E-state index in [1.807, 2.05) is 0 Å². The zero-order valence-corrected chi connectivity index (χ0v) is 8.80. The molecule has 0 saturated heterocycles. The summed E-state index contributed by atoms with van der Waals surface area (Å²) in [6.07, 6.45) is 6.27. The number of rotatable bonds is 3. The van der Waals surface area contributed by atoms with Gasteiger partial charge in [-0.1, -0.05) is 19.3 Å². The molecule has 0 aliphatic heterocycles. The van der Waals surface area contributed by atoms with Gasteiger partial charge in [0.1, 0.15) is 5.54 Å². The molecule has 1 N–H and O–H groups in total. The molecule has 1 fully saturated rings.